The number of urea groups is 1. The van der Waals surface area contributed by atoms with Gasteiger partial charge in [0.25, 0.3) is 5.91 Å². The van der Waals surface area contributed by atoms with Crippen molar-refractivity contribution in [2.75, 3.05) is 6.54 Å². The van der Waals surface area contributed by atoms with Crippen molar-refractivity contribution in [3.8, 4) is 0 Å². The highest BCUT2D eigenvalue weighted by molar-refractivity contribution is 6.35. The van der Waals surface area contributed by atoms with Crippen LogP contribution in [0, 0.1) is 0 Å². The minimum atomic E-state index is -0.834. The summed E-state index contributed by atoms with van der Waals surface area (Å²) in [4.78, 5) is 38.6. The van der Waals surface area contributed by atoms with Crippen LogP contribution >= 0.6 is 23.2 Å². The van der Waals surface area contributed by atoms with Gasteiger partial charge < -0.3 is 10.6 Å². The highest BCUT2D eigenvalue weighted by atomic mass is 35.5. The molecule has 27 heavy (non-hydrogen) atoms. The van der Waals surface area contributed by atoms with Crippen LogP contribution in [0.4, 0.5) is 4.79 Å². The smallest absolute Gasteiger partial charge is 0.325 e. The molecule has 2 fully saturated rings. The lowest BCUT2D eigenvalue weighted by Crippen LogP contribution is -2.47. The standard InChI is InChI=1S/C19H23Cl2N3O3/c1-12(14-7-6-13(20)10-15(14)21)22-16(25)11-24-17(26)19(23-18(24)27)8-4-2-3-5-9-19/h6-7,10,12H,2-5,8-9,11H2,1H3,(H,22,25)(H,23,27). The Bertz CT molecular complexity index is 761. The molecule has 0 aromatic heterocycles. The number of nitrogens with one attached hydrogen (secondary N) is 2. The Kier molecular flexibility index (Phi) is 5.96. The lowest BCUT2D eigenvalue weighted by molar-refractivity contribution is -0.135. The number of benzene rings is 1. The topological polar surface area (TPSA) is 78.5 Å². The minimum Gasteiger partial charge on any atom is -0.348 e. The Morgan fingerprint density at radius 2 is 1.89 bits per heavy atom. The molecule has 1 unspecified atom stereocenters. The fraction of sp³-hybridized carbons (Fsp3) is 0.526. The van der Waals surface area contributed by atoms with Gasteiger partial charge in [-0.1, -0.05) is 55.0 Å². The summed E-state index contributed by atoms with van der Waals surface area (Å²) in [6, 6.07) is 4.17. The predicted octanol–water partition coefficient (Wildman–Crippen LogP) is 3.82. The minimum absolute atomic E-state index is 0.290. The summed E-state index contributed by atoms with van der Waals surface area (Å²) in [5.74, 6) is -0.704. The molecule has 2 aliphatic rings. The molecule has 4 amide bonds. The third-order valence-corrected chi connectivity index (χ3v) is 5.87. The van der Waals surface area contributed by atoms with Gasteiger partial charge in [0.2, 0.25) is 5.91 Å². The number of amides is 4. The summed E-state index contributed by atoms with van der Waals surface area (Å²) in [5, 5.41) is 6.58. The van der Waals surface area contributed by atoms with E-state index in [0.29, 0.717) is 28.5 Å². The lowest BCUT2D eigenvalue weighted by Gasteiger charge is -2.24. The molecule has 1 aromatic rings. The molecular formula is C19H23Cl2N3O3. The summed E-state index contributed by atoms with van der Waals surface area (Å²) in [7, 11) is 0. The van der Waals surface area contributed by atoms with Crippen LogP contribution in [0.15, 0.2) is 18.2 Å². The van der Waals surface area contributed by atoms with Gasteiger partial charge in [-0.2, -0.15) is 0 Å². The zero-order valence-electron chi connectivity index (χ0n) is 15.2. The van der Waals surface area contributed by atoms with E-state index in [4.69, 9.17) is 23.2 Å². The SMILES string of the molecule is CC(NC(=O)CN1C(=O)NC2(CCCCCC2)C1=O)c1ccc(Cl)cc1Cl. The average molecular weight is 412 g/mol. The van der Waals surface area contributed by atoms with Crippen LogP contribution in [0.3, 0.4) is 0 Å². The van der Waals surface area contributed by atoms with Gasteiger partial charge in [0.05, 0.1) is 6.04 Å². The normalized spacial score (nSPS) is 20.3. The Morgan fingerprint density at radius 1 is 1.22 bits per heavy atom. The largest absolute Gasteiger partial charge is 0.348 e. The maximum absolute atomic E-state index is 12.9. The van der Waals surface area contributed by atoms with Gasteiger partial charge in [-0.25, -0.2) is 4.79 Å². The van der Waals surface area contributed by atoms with Gasteiger partial charge in [-0.3, -0.25) is 14.5 Å². The first-order valence-corrected chi connectivity index (χ1v) is 9.96. The second kappa shape index (κ2) is 8.07. The fourth-order valence-electron chi connectivity index (χ4n) is 3.85. The van der Waals surface area contributed by atoms with E-state index in [1.54, 1.807) is 25.1 Å². The Balaban J connectivity index is 1.65. The molecule has 1 saturated carbocycles. The first kappa shape index (κ1) is 20.0. The number of nitrogens with zero attached hydrogens (tertiary/aromatic N) is 1. The summed E-state index contributed by atoms with van der Waals surface area (Å²) >= 11 is 12.1. The molecule has 0 bridgehead atoms. The molecule has 2 N–H and O–H groups in total. The van der Waals surface area contributed by atoms with Crippen molar-refractivity contribution in [3.63, 3.8) is 0 Å². The van der Waals surface area contributed by atoms with Gasteiger partial charge >= 0.3 is 6.03 Å². The van der Waals surface area contributed by atoms with E-state index in [2.05, 4.69) is 10.6 Å². The number of halogens is 2. The summed E-state index contributed by atoms with van der Waals surface area (Å²) < 4.78 is 0. The zero-order valence-corrected chi connectivity index (χ0v) is 16.7. The van der Waals surface area contributed by atoms with Crippen molar-refractivity contribution in [1.29, 1.82) is 0 Å². The van der Waals surface area contributed by atoms with E-state index in [0.717, 1.165) is 30.6 Å². The van der Waals surface area contributed by atoms with Gasteiger partial charge in [-0.05, 0) is 37.5 Å². The maximum Gasteiger partial charge on any atom is 0.325 e. The molecule has 1 aromatic carbocycles. The number of carbonyl (C=O) groups is 3. The highest BCUT2D eigenvalue weighted by Gasteiger charge is 2.51. The predicted molar refractivity (Wildman–Crippen MR) is 104 cm³/mol. The van der Waals surface area contributed by atoms with Crippen LogP contribution in [0.25, 0.3) is 0 Å². The quantitative estimate of drug-likeness (QED) is 0.739. The molecule has 146 valence electrons. The Labute approximate surface area is 168 Å². The van der Waals surface area contributed by atoms with Crippen LogP contribution < -0.4 is 10.6 Å². The first-order valence-electron chi connectivity index (χ1n) is 9.21. The third kappa shape index (κ3) is 4.22. The fourth-order valence-corrected chi connectivity index (χ4v) is 4.42. The van der Waals surface area contributed by atoms with Crippen LogP contribution in [0.2, 0.25) is 10.0 Å². The lowest BCUT2D eigenvalue weighted by atomic mass is 9.90. The van der Waals surface area contributed by atoms with Crippen LogP contribution in [0.1, 0.15) is 57.1 Å². The van der Waals surface area contributed by atoms with Crippen molar-refractivity contribution < 1.29 is 14.4 Å². The number of hydrogen-bond donors (Lipinski definition) is 2. The van der Waals surface area contributed by atoms with Gasteiger partial charge in [-0.15, -0.1) is 0 Å². The van der Waals surface area contributed by atoms with Gasteiger partial charge in [0.15, 0.2) is 0 Å². The van der Waals surface area contributed by atoms with Crippen molar-refractivity contribution >= 4 is 41.0 Å². The molecule has 1 heterocycles. The van der Waals surface area contributed by atoms with E-state index >= 15 is 0 Å². The average Bonchev–Trinajstić information content (AvgIpc) is 2.77. The van der Waals surface area contributed by atoms with E-state index in [1.807, 2.05) is 0 Å². The van der Waals surface area contributed by atoms with Gasteiger partial charge in [0, 0.05) is 10.0 Å². The maximum atomic E-state index is 12.9. The van der Waals surface area contributed by atoms with Crippen LogP contribution in [-0.4, -0.2) is 34.8 Å². The second-order valence-electron chi connectivity index (χ2n) is 7.27. The molecule has 1 aliphatic carbocycles. The molecular weight excluding hydrogens is 389 g/mol. The summed E-state index contributed by atoms with van der Waals surface area (Å²) in [6.45, 7) is 1.48. The van der Waals surface area contributed by atoms with Gasteiger partial charge in [0.1, 0.15) is 12.1 Å². The van der Waals surface area contributed by atoms with E-state index in [9.17, 15) is 14.4 Å². The summed E-state index contributed by atoms with van der Waals surface area (Å²) in [6.07, 6.45) is 5.19. The Morgan fingerprint density at radius 3 is 2.52 bits per heavy atom. The van der Waals surface area contributed by atoms with E-state index in [1.165, 1.54) is 0 Å². The van der Waals surface area contributed by atoms with E-state index < -0.39 is 17.5 Å². The number of imide groups is 1. The van der Waals surface area contributed by atoms with E-state index in [-0.39, 0.29) is 18.5 Å². The molecule has 1 atom stereocenters. The van der Waals surface area contributed by atoms with Crippen molar-refractivity contribution in [3.05, 3.63) is 33.8 Å². The monoisotopic (exact) mass is 411 g/mol. The number of rotatable bonds is 4. The first-order chi connectivity index (χ1) is 12.8. The van der Waals surface area contributed by atoms with Crippen LogP contribution in [-0.2, 0) is 9.59 Å². The van der Waals surface area contributed by atoms with Crippen molar-refractivity contribution in [1.82, 2.24) is 15.5 Å². The number of carbonyl (C=O) groups excluding carboxylic acids is 3. The van der Waals surface area contributed by atoms with Crippen molar-refractivity contribution in [2.24, 2.45) is 0 Å². The summed E-state index contributed by atoms with van der Waals surface area (Å²) in [5.41, 5.74) is -0.120. The van der Waals surface area contributed by atoms with Crippen molar-refractivity contribution in [2.45, 2.75) is 57.0 Å². The molecule has 8 heteroatoms. The zero-order chi connectivity index (χ0) is 19.6. The molecule has 1 spiro atoms. The molecule has 6 nitrogen and oxygen atoms in total. The second-order valence-corrected chi connectivity index (χ2v) is 8.12. The molecule has 3 rings (SSSR count). The highest BCUT2D eigenvalue weighted by Crippen LogP contribution is 2.32. The molecule has 0 radical (unpaired) electrons. The van der Waals surface area contributed by atoms with Crippen LogP contribution in [0.5, 0.6) is 0 Å². The Hall–Kier alpha value is -1.79. The molecule has 1 saturated heterocycles. The number of hydrogen-bond acceptors (Lipinski definition) is 3. The molecule has 1 aliphatic heterocycles. The third-order valence-electron chi connectivity index (χ3n) is 5.31.